The van der Waals surface area contributed by atoms with Gasteiger partial charge >= 0.3 is 0 Å². The van der Waals surface area contributed by atoms with Crippen molar-refractivity contribution in [2.45, 2.75) is 58.0 Å². The third kappa shape index (κ3) is 5.09. The van der Waals surface area contributed by atoms with Crippen molar-refractivity contribution in [2.75, 3.05) is 6.54 Å². The van der Waals surface area contributed by atoms with Crippen molar-refractivity contribution >= 4 is 10.0 Å². The Kier molecular flexibility index (Phi) is 6.84. The maximum Gasteiger partial charge on any atom is 0.240 e. The first-order chi connectivity index (χ1) is 9.81. The van der Waals surface area contributed by atoms with Crippen LogP contribution in [0.3, 0.4) is 0 Å². The molecular weight excluding hydrogens is 284 g/mol. The van der Waals surface area contributed by atoms with Crippen LogP contribution < -0.4 is 10.0 Å². The van der Waals surface area contributed by atoms with Crippen LogP contribution in [0.2, 0.25) is 0 Å². The lowest BCUT2D eigenvalue weighted by molar-refractivity contribution is 0.434. The molecule has 0 amide bonds. The van der Waals surface area contributed by atoms with Crippen LogP contribution in [0.1, 0.15) is 52.6 Å². The summed E-state index contributed by atoms with van der Waals surface area (Å²) in [5.41, 5.74) is 0.982. The summed E-state index contributed by atoms with van der Waals surface area (Å²) in [5, 5.41) is 3.29. The Labute approximate surface area is 129 Å². The summed E-state index contributed by atoms with van der Waals surface area (Å²) in [6.07, 6.45) is 0.946. The standard InChI is InChI=1S/C16H28N2O2S/c1-6-12(3)13(4)18-21(19,20)16-10-8-9-15(11-16)14(5)17-7-2/h8-14,17-18H,6-7H2,1-5H3. The molecule has 0 radical (unpaired) electrons. The number of hydrogen-bond acceptors (Lipinski definition) is 3. The van der Waals surface area contributed by atoms with Crippen LogP contribution in [0.5, 0.6) is 0 Å². The molecule has 3 atom stereocenters. The Morgan fingerprint density at radius 1 is 1.14 bits per heavy atom. The second-order valence-electron chi connectivity index (χ2n) is 5.65. The van der Waals surface area contributed by atoms with E-state index in [0.29, 0.717) is 10.8 Å². The molecule has 0 bridgehead atoms. The summed E-state index contributed by atoms with van der Waals surface area (Å²) < 4.78 is 27.7. The Morgan fingerprint density at radius 3 is 2.38 bits per heavy atom. The van der Waals surface area contributed by atoms with Crippen LogP contribution in [0.25, 0.3) is 0 Å². The zero-order valence-corrected chi connectivity index (χ0v) is 14.5. The number of rotatable bonds is 8. The van der Waals surface area contributed by atoms with E-state index < -0.39 is 10.0 Å². The molecule has 1 rings (SSSR count). The average molecular weight is 312 g/mol. The van der Waals surface area contributed by atoms with Gasteiger partial charge < -0.3 is 5.32 Å². The van der Waals surface area contributed by atoms with E-state index in [9.17, 15) is 8.42 Å². The van der Waals surface area contributed by atoms with E-state index in [1.165, 1.54) is 0 Å². The molecule has 0 aliphatic rings. The molecule has 1 aromatic rings. The number of benzene rings is 1. The summed E-state index contributed by atoms with van der Waals surface area (Å²) in [6.45, 7) is 10.9. The molecule has 0 saturated carbocycles. The molecular formula is C16H28N2O2S. The third-order valence-electron chi connectivity index (χ3n) is 4.02. The maximum atomic E-state index is 12.5. The van der Waals surface area contributed by atoms with Crippen LogP contribution >= 0.6 is 0 Å². The zero-order chi connectivity index (χ0) is 16.0. The number of sulfonamides is 1. The summed E-state index contributed by atoms with van der Waals surface area (Å²) in [4.78, 5) is 0.333. The van der Waals surface area contributed by atoms with Gasteiger partial charge in [-0.1, -0.05) is 39.3 Å². The Balaban J connectivity index is 2.96. The monoisotopic (exact) mass is 312 g/mol. The number of hydrogen-bond donors (Lipinski definition) is 2. The van der Waals surface area contributed by atoms with E-state index in [0.717, 1.165) is 18.5 Å². The Morgan fingerprint density at radius 2 is 1.81 bits per heavy atom. The highest BCUT2D eigenvalue weighted by atomic mass is 32.2. The SMILES string of the molecule is CCNC(C)c1cccc(S(=O)(=O)NC(C)C(C)CC)c1. The smallest absolute Gasteiger partial charge is 0.240 e. The topological polar surface area (TPSA) is 58.2 Å². The molecule has 0 aliphatic heterocycles. The fourth-order valence-corrected chi connectivity index (χ4v) is 3.56. The van der Waals surface area contributed by atoms with Gasteiger partial charge in [0.15, 0.2) is 0 Å². The lowest BCUT2D eigenvalue weighted by atomic mass is 10.0. The number of nitrogens with one attached hydrogen (secondary N) is 2. The first-order valence-electron chi connectivity index (χ1n) is 7.67. The quantitative estimate of drug-likeness (QED) is 0.775. The fraction of sp³-hybridized carbons (Fsp3) is 0.625. The van der Waals surface area contributed by atoms with E-state index in [1.54, 1.807) is 18.2 Å². The van der Waals surface area contributed by atoms with Gasteiger partial charge in [0.05, 0.1) is 4.90 Å². The van der Waals surface area contributed by atoms with Gasteiger partial charge in [-0.3, -0.25) is 0 Å². The normalized spacial score (nSPS) is 16.4. The van der Waals surface area contributed by atoms with Crippen molar-refractivity contribution in [3.8, 4) is 0 Å². The van der Waals surface area contributed by atoms with Gasteiger partial charge in [-0.2, -0.15) is 0 Å². The van der Waals surface area contributed by atoms with Crippen LogP contribution in [0.15, 0.2) is 29.2 Å². The molecule has 0 spiro atoms. The highest BCUT2D eigenvalue weighted by molar-refractivity contribution is 7.89. The molecule has 21 heavy (non-hydrogen) atoms. The first-order valence-corrected chi connectivity index (χ1v) is 9.15. The second-order valence-corrected chi connectivity index (χ2v) is 7.36. The van der Waals surface area contributed by atoms with Crippen molar-refractivity contribution in [2.24, 2.45) is 5.92 Å². The van der Waals surface area contributed by atoms with Crippen molar-refractivity contribution < 1.29 is 8.42 Å². The molecule has 5 heteroatoms. The fourth-order valence-electron chi connectivity index (χ4n) is 2.16. The molecule has 120 valence electrons. The minimum absolute atomic E-state index is 0.0742. The van der Waals surface area contributed by atoms with Gasteiger partial charge in [-0.15, -0.1) is 0 Å². The third-order valence-corrected chi connectivity index (χ3v) is 5.57. The van der Waals surface area contributed by atoms with E-state index >= 15 is 0 Å². The predicted octanol–water partition coefficient (Wildman–Crippen LogP) is 3.07. The largest absolute Gasteiger partial charge is 0.310 e. The van der Waals surface area contributed by atoms with E-state index in [1.807, 2.05) is 26.8 Å². The highest BCUT2D eigenvalue weighted by Gasteiger charge is 2.21. The lowest BCUT2D eigenvalue weighted by Gasteiger charge is -2.20. The summed E-state index contributed by atoms with van der Waals surface area (Å²) in [6, 6.07) is 7.20. The molecule has 0 aromatic heterocycles. The summed E-state index contributed by atoms with van der Waals surface area (Å²) in [5.74, 6) is 0.309. The highest BCUT2D eigenvalue weighted by Crippen LogP contribution is 2.18. The molecule has 0 saturated heterocycles. The van der Waals surface area contributed by atoms with Gasteiger partial charge in [0, 0.05) is 12.1 Å². The van der Waals surface area contributed by atoms with E-state index in [-0.39, 0.29) is 12.1 Å². The lowest BCUT2D eigenvalue weighted by Crippen LogP contribution is -2.36. The molecule has 0 heterocycles. The molecule has 4 nitrogen and oxygen atoms in total. The minimum Gasteiger partial charge on any atom is -0.310 e. The average Bonchev–Trinajstić information content (AvgIpc) is 2.46. The van der Waals surface area contributed by atoms with Gasteiger partial charge in [-0.25, -0.2) is 13.1 Å². The van der Waals surface area contributed by atoms with Gasteiger partial charge in [0.2, 0.25) is 10.0 Å². The van der Waals surface area contributed by atoms with Crippen molar-refractivity contribution in [3.05, 3.63) is 29.8 Å². The van der Waals surface area contributed by atoms with Gasteiger partial charge in [-0.05, 0) is 44.0 Å². The molecule has 0 aliphatic carbocycles. The minimum atomic E-state index is -3.46. The van der Waals surface area contributed by atoms with E-state index in [2.05, 4.69) is 23.9 Å². The van der Waals surface area contributed by atoms with Crippen molar-refractivity contribution in [1.82, 2.24) is 10.0 Å². The zero-order valence-electron chi connectivity index (χ0n) is 13.7. The van der Waals surface area contributed by atoms with Crippen LogP contribution in [-0.2, 0) is 10.0 Å². The van der Waals surface area contributed by atoms with Crippen LogP contribution in [0, 0.1) is 5.92 Å². The predicted molar refractivity (Wildman–Crippen MR) is 87.8 cm³/mol. The summed E-state index contributed by atoms with van der Waals surface area (Å²) >= 11 is 0. The Bertz CT molecular complexity index is 543. The van der Waals surface area contributed by atoms with Crippen LogP contribution in [-0.4, -0.2) is 21.0 Å². The Hall–Kier alpha value is -0.910. The summed E-state index contributed by atoms with van der Waals surface area (Å²) in [7, 11) is -3.46. The van der Waals surface area contributed by atoms with Crippen molar-refractivity contribution in [3.63, 3.8) is 0 Å². The van der Waals surface area contributed by atoms with Crippen LogP contribution in [0.4, 0.5) is 0 Å². The molecule has 0 fully saturated rings. The molecule has 3 unspecified atom stereocenters. The molecule has 1 aromatic carbocycles. The van der Waals surface area contributed by atoms with Gasteiger partial charge in [0.25, 0.3) is 0 Å². The van der Waals surface area contributed by atoms with E-state index in [4.69, 9.17) is 0 Å². The maximum absolute atomic E-state index is 12.5. The van der Waals surface area contributed by atoms with Crippen molar-refractivity contribution in [1.29, 1.82) is 0 Å². The second kappa shape index (κ2) is 7.92. The molecule has 2 N–H and O–H groups in total. The van der Waals surface area contributed by atoms with Gasteiger partial charge in [0.1, 0.15) is 0 Å². The first kappa shape index (κ1) is 18.1.